The minimum absolute atomic E-state index is 0.0542. The monoisotopic (exact) mass is 1420 g/mol. The van der Waals surface area contributed by atoms with Gasteiger partial charge in [0.25, 0.3) is 0 Å². The topological polar surface area (TPSA) is 51.9 Å². The predicted octanol–water partition coefficient (Wildman–Crippen LogP) is 4.01. The molecular weight excluding hydrogens is 1360 g/mol. The van der Waals surface area contributed by atoms with Crippen molar-refractivity contribution in [2.24, 2.45) is 13.5 Å². The molecule has 12 fully saturated rings. The Balaban J connectivity index is 0.0000000858. The molecule has 0 amide bonds. The second-order valence-electron chi connectivity index (χ2n) is 36.8. The molecule has 18 heterocycles. The van der Waals surface area contributed by atoms with Crippen LogP contribution in [0.4, 0.5) is 0 Å². The normalized spacial score (nSPS) is 21.5. The van der Waals surface area contributed by atoms with Crippen molar-refractivity contribution < 1.29 is 0 Å². The number of para-hydroxylation sites is 6. The molecule has 0 bridgehead atoms. The van der Waals surface area contributed by atoms with Gasteiger partial charge in [-0.15, -0.1) is 0 Å². The van der Waals surface area contributed by atoms with Crippen molar-refractivity contribution in [1.82, 2.24) is 13.7 Å². The first-order chi connectivity index (χ1) is 51.8. The van der Waals surface area contributed by atoms with Gasteiger partial charge in [-0.2, -0.15) is 0 Å². The van der Waals surface area contributed by atoms with Gasteiger partial charge in [0, 0.05) is 0 Å². The van der Waals surface area contributed by atoms with Crippen LogP contribution >= 0.6 is 41.6 Å². The fraction of sp³-hybridized carbons (Fsp3) is 0. The molecule has 0 N–H and O–H groups in total. The van der Waals surface area contributed by atoms with Crippen LogP contribution in [-0.2, 0) is 0 Å². The Labute approximate surface area is 622 Å². The van der Waals surface area contributed by atoms with Crippen molar-refractivity contribution in [2.45, 2.75) is 0 Å². The third-order valence-electron chi connectivity index (χ3n) is 31.6. The van der Waals surface area contributed by atoms with E-state index in [4.69, 9.17) is 13.5 Å². The molecule has 15 aliphatic heterocycles. The van der Waals surface area contributed by atoms with Gasteiger partial charge in [0.1, 0.15) is 0 Å². The summed E-state index contributed by atoms with van der Waals surface area (Å²) in [6, 6.07) is 104. The molecule has 471 valence electrons. The molecule has 0 unspecified atom stereocenters. The molecule has 6 nitrogen and oxygen atoms in total. The average molecular weight is 1420 g/mol. The van der Waals surface area contributed by atoms with Crippen molar-refractivity contribution in [3.05, 3.63) is 273 Å². The first-order valence-corrected chi connectivity index (χ1v) is 53.2. The van der Waals surface area contributed by atoms with E-state index in [2.05, 4.69) is 307 Å². The molecule has 0 aliphatic carbocycles. The molecular formula is C72H57B21N6P6-3. The van der Waals surface area contributed by atoms with Crippen molar-refractivity contribution in [3.8, 4) is 17.1 Å². The van der Waals surface area contributed by atoms with Gasteiger partial charge in [0.2, 0.25) is 0 Å². The number of rotatable bonds is 9. The third kappa shape index (κ3) is 7.44. The summed E-state index contributed by atoms with van der Waals surface area (Å²) < 4.78 is 25.5. The van der Waals surface area contributed by atoms with Crippen molar-refractivity contribution in [2.75, 3.05) is 0 Å². The van der Waals surface area contributed by atoms with E-state index in [9.17, 15) is 0 Å². The Kier molecular flexibility index (Phi) is 10.9. The van der Waals surface area contributed by atoms with Crippen LogP contribution in [0.3, 0.4) is 0 Å². The zero-order valence-corrected chi connectivity index (χ0v) is 64.9. The predicted molar refractivity (Wildman–Crippen MR) is 504 cm³/mol. The summed E-state index contributed by atoms with van der Waals surface area (Å²) in [6.07, 6.45) is 3.70. The van der Waals surface area contributed by atoms with Crippen LogP contribution in [0.2, 0.25) is 0 Å². The standard InChI is InChI=1S/3C24H19B7N2P2/c1-2-8-16(9-3-1)28-20-11-5-7-13-23(20)33-22-12-6-4-10-18(22)19-14-17(15-21(28)24(19)33)35(26-29(35)27-35)32-34-30-25-31(30)34;1-2-8-16(9-3-1)28-19-11-5-7-13-21(19)33-20-12-6-4-10-17(20)18-14-15-22(23(28)24(18)33)35(26-29(35)27-35)32-34-30-25-31(30)34;1-2-8-16(9-3-1)28-18-11-5-7-13-21(18)33-20-12-6-4-10-17(20)23-22(15-14-19(28)24(23)33)35(26-29(35)27-35)32-34-30-25-31(30)34/h3*1-15H,25-26H2/q3*-1. The van der Waals surface area contributed by atoms with E-state index in [1.165, 1.54) is 121 Å². The molecule has 15 aromatic rings. The number of aromatic nitrogens is 3. The summed E-state index contributed by atoms with van der Waals surface area (Å²) in [7, 11) is 1.56. The maximum absolute atomic E-state index is 5.96. The minimum atomic E-state index is -2.03. The van der Waals surface area contributed by atoms with Gasteiger partial charge >= 0.3 is 628 Å². The molecule has 12 aromatic carbocycles. The Morgan fingerprint density at radius 1 is 0.305 bits per heavy atom. The first kappa shape index (κ1) is 59.0. The zero-order valence-electron chi connectivity index (χ0n) is 59.5. The molecule has 105 heavy (non-hydrogen) atoms. The number of nitrogens with zero attached hydrogens (tertiary/aromatic N) is 6. The Bertz CT molecular complexity index is 6790. The van der Waals surface area contributed by atoms with E-state index in [1.807, 2.05) is 0 Å². The van der Waals surface area contributed by atoms with Crippen LogP contribution in [0.1, 0.15) is 0 Å². The van der Waals surface area contributed by atoms with Crippen LogP contribution in [-0.4, -0.2) is 152 Å². The van der Waals surface area contributed by atoms with Crippen LogP contribution < -0.4 is 65.1 Å². The summed E-state index contributed by atoms with van der Waals surface area (Å²) in [5.74, 6) is 0. The zero-order chi connectivity index (χ0) is 67.6. The molecule has 30 rings (SSSR count). The van der Waals surface area contributed by atoms with E-state index >= 15 is 0 Å². The number of hydrogen-bond acceptors (Lipinski definition) is 3. The van der Waals surface area contributed by atoms with Gasteiger partial charge in [-0.1, -0.05) is 0 Å². The fourth-order valence-electron chi connectivity index (χ4n) is 23.8. The molecule has 33 heteroatoms. The number of benzene rings is 12. The van der Waals surface area contributed by atoms with Gasteiger partial charge in [-0.25, -0.2) is 0 Å². The SMILES string of the molecule is [B]1B2[BH2-]P12(N=[P+]1B2[BH2-]B21)c1cc2c3c(c1)c1ccccc1n3-c1ccccc1B2c1ccccc1.[B]1B2[BH2-]P12(N=[P+]1B2[BH2-]B21)c1ccc2c3c1c1ccccc1n3-c1ccccc1B2c1ccccc1.[B]1B2[BH2-]P12(N=[P+]1B2[BH2-]B21)c1ccc2c3ccccc3n3c2c1B(c1ccccc1)c1ccccc1-3. The summed E-state index contributed by atoms with van der Waals surface area (Å²) >= 11 is 0. The maximum atomic E-state index is 5.96. The van der Waals surface area contributed by atoms with Gasteiger partial charge < -0.3 is 0 Å². The van der Waals surface area contributed by atoms with E-state index in [0.717, 1.165) is 55.9 Å². The molecule has 0 atom stereocenters. The summed E-state index contributed by atoms with van der Waals surface area (Å²) in [5, 5.41) is 13.7. The average Bonchev–Trinajstić information content (AvgIpc) is 1.43. The fourth-order valence-corrected chi connectivity index (χ4v) is 61.8. The van der Waals surface area contributed by atoms with E-state index in [0.29, 0.717) is 21.2 Å². The molecule has 12 saturated heterocycles. The number of fused-ring (bicyclic) bond motifs is 21. The second kappa shape index (κ2) is 19.3. The Morgan fingerprint density at radius 2 is 0.686 bits per heavy atom. The molecule has 0 saturated carbocycles. The van der Waals surface area contributed by atoms with Crippen molar-refractivity contribution in [3.63, 3.8) is 0 Å². The number of hydrogen-bond donors (Lipinski definition) is 0. The van der Waals surface area contributed by atoms with Crippen LogP contribution in [0.25, 0.3) is 82.5 Å². The van der Waals surface area contributed by atoms with Crippen molar-refractivity contribution in [1.29, 1.82) is 0 Å². The Morgan fingerprint density at radius 3 is 1.18 bits per heavy atom. The molecule has 15 aliphatic rings. The van der Waals surface area contributed by atoms with Crippen LogP contribution in [0.15, 0.2) is 287 Å². The summed E-state index contributed by atoms with van der Waals surface area (Å²) in [5.41, 5.74) is 25.5. The van der Waals surface area contributed by atoms with Crippen LogP contribution in [0, 0.1) is 0 Å². The summed E-state index contributed by atoms with van der Waals surface area (Å²) in [6.45, 7) is 9.39. The third-order valence-corrected chi connectivity index (χ3v) is 65.6. The molecule has 3 aromatic heterocycles. The molecule has 3 radical (unpaired) electrons. The van der Waals surface area contributed by atoms with E-state index in [-0.39, 0.29) is 63.2 Å². The Hall–Kier alpha value is -7.01. The summed E-state index contributed by atoms with van der Waals surface area (Å²) in [4.78, 5) is 0. The molecule has 0 spiro atoms. The quantitative estimate of drug-likeness (QED) is 0.155. The van der Waals surface area contributed by atoms with Gasteiger partial charge in [0.05, 0.1) is 0 Å². The second-order valence-corrected chi connectivity index (χ2v) is 62.6. The van der Waals surface area contributed by atoms with Crippen molar-refractivity contribution >= 4 is 311 Å². The van der Waals surface area contributed by atoms with E-state index < -0.39 is 19.2 Å². The van der Waals surface area contributed by atoms with Gasteiger partial charge in [-0.05, 0) is 0 Å². The van der Waals surface area contributed by atoms with E-state index in [1.54, 1.807) is 26.8 Å². The van der Waals surface area contributed by atoms with Gasteiger partial charge in [-0.3, -0.25) is 0 Å². The first-order valence-electron chi connectivity index (χ1n) is 40.5. The van der Waals surface area contributed by atoms with Gasteiger partial charge in [0.15, 0.2) is 0 Å². The van der Waals surface area contributed by atoms with Crippen LogP contribution in [0.5, 0.6) is 0 Å².